The van der Waals surface area contributed by atoms with E-state index in [-0.39, 0.29) is 18.3 Å². The van der Waals surface area contributed by atoms with Crippen LogP contribution in [0.2, 0.25) is 0 Å². The number of hydrogen-bond acceptors (Lipinski definition) is 8. The standard InChI is InChI=1S/C26H33NO7/c1-6-11-33-12-13-34-26(30)21-16(3)27-19-14-15(2)20(25(29)32-5)24(28)23(19)22(21)17-7-9-18(31-4)10-8-17/h7-10,15,20,22,27H,6,11-14H2,1-5H3/t15-,20+,22+/m1/s1. The van der Waals surface area contributed by atoms with E-state index in [2.05, 4.69) is 5.32 Å². The first kappa shape index (κ1) is 25.5. The van der Waals surface area contributed by atoms with E-state index in [9.17, 15) is 14.4 Å². The van der Waals surface area contributed by atoms with Gasteiger partial charge >= 0.3 is 11.9 Å². The van der Waals surface area contributed by atoms with Gasteiger partial charge < -0.3 is 24.3 Å². The number of benzene rings is 1. The molecule has 1 aliphatic heterocycles. The van der Waals surface area contributed by atoms with Crippen molar-refractivity contribution >= 4 is 17.7 Å². The third-order valence-electron chi connectivity index (χ3n) is 6.22. The fourth-order valence-electron chi connectivity index (χ4n) is 4.60. The van der Waals surface area contributed by atoms with E-state index in [0.717, 1.165) is 17.7 Å². The van der Waals surface area contributed by atoms with Crippen molar-refractivity contribution in [2.24, 2.45) is 11.8 Å². The molecule has 8 nitrogen and oxygen atoms in total. The van der Waals surface area contributed by atoms with Gasteiger partial charge in [0.1, 0.15) is 18.3 Å². The molecule has 0 amide bonds. The Morgan fingerprint density at radius 2 is 1.79 bits per heavy atom. The summed E-state index contributed by atoms with van der Waals surface area (Å²) in [6.45, 7) is 6.64. The second-order valence-corrected chi connectivity index (χ2v) is 8.56. The molecule has 0 bridgehead atoms. The van der Waals surface area contributed by atoms with Crippen LogP contribution in [0.5, 0.6) is 5.75 Å². The predicted octanol–water partition coefficient (Wildman–Crippen LogP) is 3.28. The molecule has 1 aromatic rings. The first-order valence-corrected chi connectivity index (χ1v) is 11.6. The van der Waals surface area contributed by atoms with Crippen LogP contribution < -0.4 is 10.1 Å². The van der Waals surface area contributed by atoms with Crippen molar-refractivity contribution in [3.8, 4) is 5.75 Å². The number of ketones is 1. The zero-order chi connectivity index (χ0) is 24.8. The van der Waals surface area contributed by atoms with Crippen LogP contribution in [0.3, 0.4) is 0 Å². The van der Waals surface area contributed by atoms with E-state index in [1.54, 1.807) is 26.2 Å². The summed E-state index contributed by atoms with van der Waals surface area (Å²) >= 11 is 0. The van der Waals surface area contributed by atoms with Gasteiger partial charge in [0.2, 0.25) is 0 Å². The maximum absolute atomic E-state index is 13.7. The van der Waals surface area contributed by atoms with Crippen LogP contribution in [-0.4, -0.2) is 51.8 Å². The molecule has 3 atom stereocenters. The number of esters is 2. The molecule has 0 aromatic heterocycles. The fraction of sp³-hybridized carbons (Fsp3) is 0.500. The summed E-state index contributed by atoms with van der Waals surface area (Å²) in [4.78, 5) is 39.4. The number of rotatable bonds is 9. The number of methoxy groups -OCH3 is 2. The molecule has 1 N–H and O–H groups in total. The highest BCUT2D eigenvalue weighted by Crippen LogP contribution is 2.45. The molecule has 8 heteroatoms. The molecule has 0 radical (unpaired) electrons. The van der Waals surface area contributed by atoms with Crippen molar-refractivity contribution in [3.05, 3.63) is 52.4 Å². The monoisotopic (exact) mass is 471 g/mol. The van der Waals surface area contributed by atoms with Gasteiger partial charge in [0.05, 0.1) is 26.4 Å². The van der Waals surface area contributed by atoms with Crippen LogP contribution >= 0.6 is 0 Å². The first-order chi connectivity index (χ1) is 16.3. The molecule has 3 rings (SSSR count). The number of carbonyl (C=O) groups excluding carboxylic acids is 3. The van der Waals surface area contributed by atoms with E-state index in [4.69, 9.17) is 18.9 Å². The van der Waals surface area contributed by atoms with E-state index in [1.165, 1.54) is 7.11 Å². The number of dihydropyridines is 1. The van der Waals surface area contributed by atoms with Crippen LogP contribution in [0, 0.1) is 11.8 Å². The van der Waals surface area contributed by atoms with Crippen molar-refractivity contribution in [1.82, 2.24) is 5.32 Å². The average molecular weight is 472 g/mol. The minimum Gasteiger partial charge on any atom is -0.497 e. The Hall–Kier alpha value is -3.13. The summed E-state index contributed by atoms with van der Waals surface area (Å²) < 4.78 is 21.1. The zero-order valence-corrected chi connectivity index (χ0v) is 20.4. The lowest BCUT2D eigenvalue weighted by Gasteiger charge is -2.38. The van der Waals surface area contributed by atoms with Gasteiger partial charge in [0, 0.05) is 29.5 Å². The van der Waals surface area contributed by atoms with Gasteiger partial charge in [-0.25, -0.2) is 4.79 Å². The molecule has 2 aliphatic rings. The molecule has 0 unspecified atom stereocenters. The zero-order valence-electron chi connectivity index (χ0n) is 20.4. The smallest absolute Gasteiger partial charge is 0.336 e. The van der Waals surface area contributed by atoms with E-state index >= 15 is 0 Å². The van der Waals surface area contributed by atoms with E-state index in [1.807, 2.05) is 26.0 Å². The van der Waals surface area contributed by atoms with Gasteiger partial charge in [-0.1, -0.05) is 26.0 Å². The lowest BCUT2D eigenvalue weighted by molar-refractivity contribution is -0.151. The lowest BCUT2D eigenvalue weighted by Crippen LogP contribution is -2.43. The summed E-state index contributed by atoms with van der Waals surface area (Å²) in [6.07, 6.45) is 1.36. The Bertz CT molecular complexity index is 993. The van der Waals surface area contributed by atoms with Crippen LogP contribution in [0.25, 0.3) is 0 Å². The molecule has 184 valence electrons. The molecule has 0 saturated carbocycles. The Labute approximate surface area is 200 Å². The van der Waals surface area contributed by atoms with Gasteiger partial charge in [-0.2, -0.15) is 0 Å². The average Bonchev–Trinajstić information content (AvgIpc) is 2.82. The topological polar surface area (TPSA) is 100 Å². The second-order valence-electron chi connectivity index (χ2n) is 8.56. The first-order valence-electron chi connectivity index (χ1n) is 11.6. The minimum atomic E-state index is -0.926. The molecular weight excluding hydrogens is 438 g/mol. The number of allylic oxidation sites excluding steroid dienone is 3. The summed E-state index contributed by atoms with van der Waals surface area (Å²) in [5.41, 5.74) is 2.81. The number of carbonyl (C=O) groups is 3. The number of ether oxygens (including phenoxy) is 4. The van der Waals surface area contributed by atoms with Gasteiger partial charge in [0.25, 0.3) is 0 Å². The van der Waals surface area contributed by atoms with Crippen LogP contribution in [0.4, 0.5) is 0 Å². The maximum atomic E-state index is 13.7. The quantitative estimate of drug-likeness (QED) is 0.333. The predicted molar refractivity (Wildman–Crippen MR) is 125 cm³/mol. The number of Topliss-reactive ketones (excluding diaryl/α,β-unsaturated/α-hetero) is 1. The SMILES string of the molecule is CCCOCCOC(=O)C1=C(C)NC2=C(C(=O)[C@@H](C(=O)OC)[C@H](C)C2)[C@H]1c1ccc(OC)cc1. The Kier molecular flexibility index (Phi) is 8.50. The van der Waals surface area contributed by atoms with Crippen molar-refractivity contribution in [1.29, 1.82) is 0 Å². The maximum Gasteiger partial charge on any atom is 0.336 e. The normalized spacial score (nSPS) is 22.1. The third-order valence-corrected chi connectivity index (χ3v) is 6.22. The molecule has 34 heavy (non-hydrogen) atoms. The van der Waals surface area contributed by atoms with Crippen LogP contribution in [0.1, 0.15) is 45.1 Å². The molecule has 0 fully saturated rings. The highest BCUT2D eigenvalue weighted by molar-refractivity contribution is 6.12. The van der Waals surface area contributed by atoms with E-state index < -0.39 is 23.8 Å². The summed E-state index contributed by atoms with van der Waals surface area (Å²) in [7, 11) is 2.85. The van der Waals surface area contributed by atoms with E-state index in [0.29, 0.717) is 42.2 Å². The molecule has 1 aliphatic carbocycles. The summed E-state index contributed by atoms with van der Waals surface area (Å²) in [5, 5.41) is 3.25. The lowest BCUT2D eigenvalue weighted by atomic mass is 9.69. The Balaban J connectivity index is 2.02. The number of nitrogens with one attached hydrogen (secondary N) is 1. The summed E-state index contributed by atoms with van der Waals surface area (Å²) in [6, 6.07) is 7.20. The van der Waals surface area contributed by atoms with Crippen molar-refractivity contribution in [3.63, 3.8) is 0 Å². The summed E-state index contributed by atoms with van der Waals surface area (Å²) in [5.74, 6) is -2.62. The van der Waals surface area contributed by atoms with Crippen molar-refractivity contribution in [2.45, 2.75) is 39.5 Å². The number of hydrogen-bond donors (Lipinski definition) is 1. The molecule has 0 saturated heterocycles. The van der Waals surface area contributed by atoms with Crippen molar-refractivity contribution < 1.29 is 33.3 Å². The van der Waals surface area contributed by atoms with Gasteiger partial charge in [-0.15, -0.1) is 0 Å². The minimum absolute atomic E-state index is 0.104. The van der Waals surface area contributed by atoms with Gasteiger partial charge in [-0.05, 0) is 43.4 Å². The Morgan fingerprint density at radius 3 is 2.41 bits per heavy atom. The Morgan fingerprint density at radius 1 is 1.09 bits per heavy atom. The molecule has 1 heterocycles. The van der Waals surface area contributed by atoms with Gasteiger partial charge in [-0.3, -0.25) is 9.59 Å². The third kappa shape index (κ3) is 5.17. The fourth-order valence-corrected chi connectivity index (χ4v) is 4.60. The highest BCUT2D eigenvalue weighted by atomic mass is 16.6. The molecular formula is C26H33NO7. The van der Waals surface area contributed by atoms with Crippen molar-refractivity contribution in [2.75, 3.05) is 34.0 Å². The second kappa shape index (κ2) is 11.3. The van der Waals surface area contributed by atoms with Gasteiger partial charge in [0.15, 0.2) is 5.78 Å². The largest absolute Gasteiger partial charge is 0.497 e. The molecule has 0 spiro atoms. The van der Waals surface area contributed by atoms with Crippen LogP contribution in [-0.2, 0) is 28.6 Å². The highest BCUT2D eigenvalue weighted by Gasteiger charge is 2.47. The van der Waals surface area contributed by atoms with Crippen LogP contribution in [0.15, 0.2) is 46.8 Å². The molecule has 1 aromatic carbocycles.